The number of para-hydroxylation sites is 1. The maximum atomic E-state index is 12.8. The van der Waals surface area contributed by atoms with E-state index in [1.807, 2.05) is 0 Å². The molecule has 0 unspecified atom stereocenters. The summed E-state index contributed by atoms with van der Waals surface area (Å²) in [6.45, 7) is -0.119. The van der Waals surface area contributed by atoms with E-state index in [0.717, 1.165) is 6.20 Å². The van der Waals surface area contributed by atoms with Gasteiger partial charge in [-0.1, -0.05) is 18.2 Å². The van der Waals surface area contributed by atoms with E-state index in [1.54, 1.807) is 48.5 Å². The molecule has 4 rings (SSSR count). The Balaban J connectivity index is 1.77. The molecule has 0 spiro atoms. The van der Waals surface area contributed by atoms with Gasteiger partial charge in [0.25, 0.3) is 0 Å². The molecule has 37 heavy (non-hydrogen) atoms. The predicted octanol–water partition coefficient (Wildman–Crippen LogP) is 3.26. The molecule has 13 heteroatoms. The van der Waals surface area contributed by atoms with Crippen molar-refractivity contribution in [3.8, 4) is 28.4 Å². The molecule has 0 saturated carbocycles. The van der Waals surface area contributed by atoms with Gasteiger partial charge in [-0.05, 0) is 30.3 Å². The van der Waals surface area contributed by atoms with E-state index >= 15 is 0 Å². The molecule has 2 aromatic carbocycles. The number of carbonyl (C=O) groups excluding carboxylic acids is 2. The molecular formula is C24H21N5O8. The highest BCUT2D eigenvalue weighted by Crippen LogP contribution is 2.35. The minimum absolute atomic E-state index is 0.0854. The lowest BCUT2D eigenvalue weighted by atomic mass is 10.0. The maximum Gasteiger partial charge on any atom is 0.357 e. The highest BCUT2D eigenvalue weighted by atomic mass is 16.6. The number of ether oxygens (including phenoxy) is 4. The van der Waals surface area contributed by atoms with E-state index in [-0.39, 0.29) is 35.1 Å². The fraction of sp³-hybridized carbons (Fsp3) is 0.167. The van der Waals surface area contributed by atoms with E-state index in [2.05, 4.69) is 10.2 Å². The van der Waals surface area contributed by atoms with Crippen LogP contribution in [0.2, 0.25) is 0 Å². The van der Waals surface area contributed by atoms with Crippen molar-refractivity contribution in [3.05, 3.63) is 82.3 Å². The molecule has 2 aromatic heterocycles. The second kappa shape index (κ2) is 10.6. The van der Waals surface area contributed by atoms with E-state index < -0.39 is 16.9 Å². The average molecular weight is 507 g/mol. The van der Waals surface area contributed by atoms with Crippen molar-refractivity contribution in [1.29, 1.82) is 0 Å². The molecule has 0 aliphatic heterocycles. The number of rotatable bonds is 9. The molecule has 0 N–H and O–H groups in total. The van der Waals surface area contributed by atoms with Crippen molar-refractivity contribution in [1.82, 2.24) is 19.6 Å². The van der Waals surface area contributed by atoms with Crippen LogP contribution in [-0.4, -0.2) is 57.8 Å². The largest absolute Gasteiger partial charge is 0.493 e. The third kappa shape index (κ3) is 4.96. The Morgan fingerprint density at radius 1 is 1.00 bits per heavy atom. The molecule has 4 aromatic rings. The summed E-state index contributed by atoms with van der Waals surface area (Å²) in [6, 6.07) is 13.5. The van der Waals surface area contributed by atoms with Crippen LogP contribution in [0.25, 0.3) is 16.9 Å². The fourth-order valence-electron chi connectivity index (χ4n) is 3.54. The molecule has 0 aliphatic rings. The predicted molar refractivity (Wildman–Crippen MR) is 128 cm³/mol. The SMILES string of the molecule is COC(=O)c1c(-c2ccc(OCn3cc([N+](=O)[O-])cn3)c(OC)c2)nn(-c2ccccc2)c1C(=O)OC. The van der Waals surface area contributed by atoms with Gasteiger partial charge in [-0.2, -0.15) is 10.2 Å². The zero-order valence-corrected chi connectivity index (χ0v) is 20.0. The summed E-state index contributed by atoms with van der Waals surface area (Å²) in [6.07, 6.45) is 2.34. The van der Waals surface area contributed by atoms with Gasteiger partial charge in [-0.25, -0.2) is 19.0 Å². The summed E-state index contributed by atoms with van der Waals surface area (Å²) < 4.78 is 23.6. The zero-order valence-electron chi connectivity index (χ0n) is 20.0. The third-order valence-electron chi connectivity index (χ3n) is 5.27. The lowest BCUT2D eigenvalue weighted by Crippen LogP contribution is -2.15. The summed E-state index contributed by atoms with van der Waals surface area (Å²) in [5.74, 6) is -0.969. The van der Waals surface area contributed by atoms with Crippen LogP contribution in [0.15, 0.2) is 60.9 Å². The van der Waals surface area contributed by atoms with Crippen molar-refractivity contribution in [2.75, 3.05) is 21.3 Å². The molecule has 0 bridgehead atoms. The number of aromatic nitrogens is 4. The molecule has 0 atom stereocenters. The number of hydrogen-bond donors (Lipinski definition) is 0. The van der Waals surface area contributed by atoms with Gasteiger partial charge in [0.15, 0.2) is 23.9 Å². The van der Waals surface area contributed by atoms with Gasteiger partial charge in [0, 0.05) is 5.56 Å². The minimum atomic E-state index is -0.780. The Bertz CT molecular complexity index is 1460. The summed E-state index contributed by atoms with van der Waals surface area (Å²) in [5.41, 5.74) is 0.756. The first-order chi connectivity index (χ1) is 17.9. The van der Waals surface area contributed by atoms with Gasteiger partial charge < -0.3 is 18.9 Å². The number of nitrogens with zero attached hydrogens (tertiary/aromatic N) is 5. The first-order valence-corrected chi connectivity index (χ1v) is 10.7. The van der Waals surface area contributed by atoms with E-state index in [4.69, 9.17) is 18.9 Å². The molecule has 0 aliphatic carbocycles. The van der Waals surface area contributed by atoms with Crippen molar-refractivity contribution in [2.24, 2.45) is 0 Å². The second-order valence-corrected chi connectivity index (χ2v) is 7.44. The highest BCUT2D eigenvalue weighted by molar-refractivity contribution is 6.06. The monoisotopic (exact) mass is 507 g/mol. The Kier molecular flexibility index (Phi) is 7.14. The van der Waals surface area contributed by atoms with Gasteiger partial charge in [0.05, 0.1) is 31.9 Å². The van der Waals surface area contributed by atoms with Crippen LogP contribution in [0.3, 0.4) is 0 Å². The minimum Gasteiger partial charge on any atom is -0.493 e. The summed E-state index contributed by atoms with van der Waals surface area (Å²) in [4.78, 5) is 35.9. The number of hydrogen-bond acceptors (Lipinski definition) is 10. The van der Waals surface area contributed by atoms with E-state index in [0.29, 0.717) is 17.0 Å². The van der Waals surface area contributed by atoms with E-state index in [1.165, 1.54) is 36.9 Å². The lowest BCUT2D eigenvalue weighted by Gasteiger charge is -2.12. The highest BCUT2D eigenvalue weighted by Gasteiger charge is 2.31. The maximum absolute atomic E-state index is 12.8. The van der Waals surface area contributed by atoms with Crippen LogP contribution >= 0.6 is 0 Å². The Hall–Kier alpha value is -5.20. The summed E-state index contributed by atoms with van der Waals surface area (Å²) in [7, 11) is 3.83. The Morgan fingerprint density at radius 3 is 2.35 bits per heavy atom. The molecular weight excluding hydrogens is 486 g/mol. The molecule has 2 heterocycles. The van der Waals surface area contributed by atoms with Crippen molar-refractivity contribution in [3.63, 3.8) is 0 Å². The van der Waals surface area contributed by atoms with Gasteiger partial charge >= 0.3 is 17.6 Å². The van der Waals surface area contributed by atoms with Crippen LogP contribution < -0.4 is 9.47 Å². The standard InChI is InChI=1S/C24H21N5O8/c1-34-19-11-15(9-10-18(19)37-14-27-13-17(12-25-27)29(32)33)21-20(23(30)35-2)22(24(31)36-3)28(26-21)16-7-5-4-6-8-16/h4-13H,14H2,1-3H3. The smallest absolute Gasteiger partial charge is 0.357 e. The van der Waals surface area contributed by atoms with Gasteiger partial charge in [-0.15, -0.1) is 0 Å². The fourth-order valence-corrected chi connectivity index (χ4v) is 3.54. The molecule has 13 nitrogen and oxygen atoms in total. The van der Waals surface area contributed by atoms with Gasteiger partial charge in [-0.3, -0.25) is 10.1 Å². The molecule has 0 fully saturated rings. The normalized spacial score (nSPS) is 10.6. The molecule has 190 valence electrons. The van der Waals surface area contributed by atoms with Gasteiger partial charge in [0.2, 0.25) is 0 Å². The van der Waals surface area contributed by atoms with Crippen LogP contribution in [-0.2, 0) is 16.2 Å². The number of methoxy groups -OCH3 is 3. The number of benzene rings is 2. The van der Waals surface area contributed by atoms with Gasteiger partial charge in [0.1, 0.15) is 23.7 Å². The zero-order chi connectivity index (χ0) is 26.5. The Labute approximate surface area is 209 Å². The quantitative estimate of drug-likeness (QED) is 0.188. The molecule has 0 amide bonds. The van der Waals surface area contributed by atoms with Crippen molar-refractivity contribution >= 4 is 17.6 Å². The first kappa shape index (κ1) is 24.9. The second-order valence-electron chi connectivity index (χ2n) is 7.44. The Morgan fingerprint density at radius 2 is 1.73 bits per heavy atom. The van der Waals surface area contributed by atoms with Crippen LogP contribution in [0.5, 0.6) is 11.5 Å². The third-order valence-corrected chi connectivity index (χ3v) is 5.27. The molecule has 0 saturated heterocycles. The average Bonchev–Trinajstić information content (AvgIpc) is 3.57. The first-order valence-electron chi connectivity index (χ1n) is 10.7. The number of esters is 2. The number of nitro groups is 1. The van der Waals surface area contributed by atoms with E-state index in [9.17, 15) is 19.7 Å². The van der Waals surface area contributed by atoms with Crippen LogP contribution in [0, 0.1) is 10.1 Å². The van der Waals surface area contributed by atoms with Crippen molar-refractivity contribution < 1.29 is 33.5 Å². The summed E-state index contributed by atoms with van der Waals surface area (Å²) in [5, 5.41) is 19.3. The summed E-state index contributed by atoms with van der Waals surface area (Å²) >= 11 is 0. The van der Waals surface area contributed by atoms with Crippen LogP contribution in [0.1, 0.15) is 20.8 Å². The lowest BCUT2D eigenvalue weighted by molar-refractivity contribution is -0.385. The van der Waals surface area contributed by atoms with Crippen LogP contribution in [0.4, 0.5) is 5.69 Å². The topological polar surface area (TPSA) is 150 Å². The number of carbonyl (C=O) groups is 2. The van der Waals surface area contributed by atoms with Crippen molar-refractivity contribution in [2.45, 2.75) is 6.73 Å². The molecule has 0 radical (unpaired) electrons.